The van der Waals surface area contributed by atoms with Crippen LogP contribution in [0.5, 0.6) is 0 Å². The van der Waals surface area contributed by atoms with Crippen molar-refractivity contribution in [2.75, 3.05) is 5.32 Å². The summed E-state index contributed by atoms with van der Waals surface area (Å²) < 4.78 is 22.9. The molecule has 110 valence electrons. The van der Waals surface area contributed by atoms with E-state index >= 15 is 0 Å². The zero-order valence-corrected chi connectivity index (χ0v) is 12.4. The number of rotatable bonds is 4. The first-order chi connectivity index (χ1) is 9.38. The molecule has 1 saturated carbocycles. The van der Waals surface area contributed by atoms with Crippen LogP contribution < -0.4 is 10.5 Å². The second-order valence-corrected chi connectivity index (χ2v) is 6.91. The van der Waals surface area contributed by atoms with Gasteiger partial charge in [-0.05, 0) is 43.4 Å². The van der Waals surface area contributed by atoms with Crippen LogP contribution in [0.1, 0.15) is 37.7 Å². The molecule has 1 aliphatic carbocycles. The van der Waals surface area contributed by atoms with E-state index in [1.165, 1.54) is 18.9 Å². The SMILES string of the molecule is Cc1c(NC(=O)CC2CCCC2)cccc1S(N)(=O)=O. The Morgan fingerprint density at radius 3 is 2.60 bits per heavy atom. The number of anilines is 1. The number of carbonyl (C=O) groups excluding carboxylic acids is 1. The highest BCUT2D eigenvalue weighted by Crippen LogP contribution is 2.28. The molecule has 1 aliphatic rings. The van der Waals surface area contributed by atoms with Crippen molar-refractivity contribution in [1.82, 2.24) is 0 Å². The third-order valence-electron chi connectivity index (χ3n) is 3.81. The molecule has 0 bridgehead atoms. The summed E-state index contributed by atoms with van der Waals surface area (Å²) in [6, 6.07) is 4.71. The molecule has 20 heavy (non-hydrogen) atoms. The van der Waals surface area contributed by atoms with Crippen LogP contribution in [0.25, 0.3) is 0 Å². The molecule has 0 atom stereocenters. The van der Waals surface area contributed by atoms with Gasteiger partial charge in [0.2, 0.25) is 15.9 Å². The number of nitrogens with two attached hydrogens (primary N) is 1. The van der Waals surface area contributed by atoms with Crippen molar-refractivity contribution in [2.24, 2.45) is 11.1 Å². The molecule has 0 heterocycles. The first-order valence-corrected chi connectivity index (χ1v) is 8.35. The van der Waals surface area contributed by atoms with Crippen molar-refractivity contribution < 1.29 is 13.2 Å². The number of nitrogens with one attached hydrogen (secondary N) is 1. The number of amides is 1. The summed E-state index contributed by atoms with van der Waals surface area (Å²) in [5.74, 6) is 0.392. The summed E-state index contributed by atoms with van der Waals surface area (Å²) >= 11 is 0. The summed E-state index contributed by atoms with van der Waals surface area (Å²) in [5.41, 5.74) is 0.995. The lowest BCUT2D eigenvalue weighted by molar-refractivity contribution is -0.117. The molecular formula is C14H20N2O3S. The van der Waals surface area contributed by atoms with Gasteiger partial charge >= 0.3 is 0 Å². The molecule has 0 unspecified atom stereocenters. The molecule has 3 N–H and O–H groups in total. The average molecular weight is 296 g/mol. The first-order valence-electron chi connectivity index (χ1n) is 6.80. The van der Waals surface area contributed by atoms with Crippen molar-refractivity contribution in [3.05, 3.63) is 23.8 Å². The van der Waals surface area contributed by atoms with E-state index in [4.69, 9.17) is 5.14 Å². The fraction of sp³-hybridized carbons (Fsp3) is 0.500. The molecule has 0 aliphatic heterocycles. The van der Waals surface area contributed by atoms with Gasteiger partial charge in [-0.2, -0.15) is 0 Å². The Morgan fingerprint density at radius 1 is 1.35 bits per heavy atom. The molecule has 0 spiro atoms. The molecule has 6 heteroatoms. The average Bonchev–Trinajstić information content (AvgIpc) is 2.83. The zero-order chi connectivity index (χ0) is 14.8. The van der Waals surface area contributed by atoms with Crippen LogP contribution in [-0.4, -0.2) is 14.3 Å². The maximum Gasteiger partial charge on any atom is 0.238 e. The molecule has 1 aromatic rings. The van der Waals surface area contributed by atoms with Crippen molar-refractivity contribution in [3.63, 3.8) is 0 Å². The Hall–Kier alpha value is -1.40. The highest BCUT2D eigenvalue weighted by atomic mass is 32.2. The standard InChI is InChI=1S/C14H20N2O3S/c1-10-12(7-4-8-13(10)20(15,18)19)16-14(17)9-11-5-2-3-6-11/h4,7-8,11H,2-3,5-6,9H2,1H3,(H,16,17)(H2,15,18,19). The van der Waals surface area contributed by atoms with Gasteiger partial charge in [0, 0.05) is 12.1 Å². The van der Waals surface area contributed by atoms with Crippen LogP contribution in [0.4, 0.5) is 5.69 Å². The predicted octanol–water partition coefficient (Wildman–Crippen LogP) is 2.16. The Bertz CT molecular complexity index is 605. The van der Waals surface area contributed by atoms with Gasteiger partial charge in [-0.1, -0.05) is 18.9 Å². The Balaban J connectivity index is 2.11. The van der Waals surface area contributed by atoms with Crippen molar-refractivity contribution in [2.45, 2.75) is 43.9 Å². The molecule has 0 radical (unpaired) electrons. The number of hydrogen-bond acceptors (Lipinski definition) is 3. The number of primary sulfonamides is 1. The van der Waals surface area contributed by atoms with E-state index in [9.17, 15) is 13.2 Å². The molecule has 1 fully saturated rings. The van der Waals surface area contributed by atoms with Gasteiger partial charge in [0.1, 0.15) is 0 Å². The minimum atomic E-state index is -3.77. The predicted molar refractivity (Wildman–Crippen MR) is 77.8 cm³/mol. The van der Waals surface area contributed by atoms with Gasteiger partial charge in [0.15, 0.2) is 0 Å². The Labute approximate surface area is 119 Å². The third kappa shape index (κ3) is 3.58. The molecule has 0 aromatic heterocycles. The Morgan fingerprint density at radius 2 is 2.00 bits per heavy atom. The van der Waals surface area contributed by atoms with E-state index < -0.39 is 10.0 Å². The summed E-state index contributed by atoms with van der Waals surface area (Å²) in [6.45, 7) is 1.64. The lowest BCUT2D eigenvalue weighted by Crippen LogP contribution is -2.18. The lowest BCUT2D eigenvalue weighted by Gasteiger charge is -2.13. The summed E-state index contributed by atoms with van der Waals surface area (Å²) in [4.78, 5) is 12.0. The quantitative estimate of drug-likeness (QED) is 0.892. The van der Waals surface area contributed by atoms with Crippen LogP contribution in [0.2, 0.25) is 0 Å². The van der Waals surface area contributed by atoms with Crippen molar-refractivity contribution in [1.29, 1.82) is 0 Å². The summed E-state index contributed by atoms with van der Waals surface area (Å²) in [5, 5.41) is 7.94. The van der Waals surface area contributed by atoms with E-state index in [-0.39, 0.29) is 10.8 Å². The first kappa shape index (κ1) is 15.0. The molecule has 2 rings (SSSR count). The molecule has 1 aromatic carbocycles. The molecule has 0 saturated heterocycles. The van der Waals surface area contributed by atoms with Gasteiger partial charge in [-0.3, -0.25) is 4.79 Å². The second-order valence-electron chi connectivity index (χ2n) is 5.38. The van der Waals surface area contributed by atoms with E-state index in [0.29, 0.717) is 23.6 Å². The zero-order valence-electron chi connectivity index (χ0n) is 11.6. The van der Waals surface area contributed by atoms with Crippen LogP contribution in [0.3, 0.4) is 0 Å². The number of hydrogen-bond donors (Lipinski definition) is 2. The highest BCUT2D eigenvalue weighted by Gasteiger charge is 2.20. The summed E-state index contributed by atoms with van der Waals surface area (Å²) in [7, 11) is -3.77. The highest BCUT2D eigenvalue weighted by molar-refractivity contribution is 7.89. The van der Waals surface area contributed by atoms with Crippen molar-refractivity contribution in [3.8, 4) is 0 Å². The van der Waals surface area contributed by atoms with Crippen molar-refractivity contribution >= 4 is 21.6 Å². The minimum Gasteiger partial charge on any atom is -0.326 e. The molecule has 5 nitrogen and oxygen atoms in total. The normalized spacial score (nSPS) is 16.3. The van der Waals surface area contributed by atoms with E-state index in [2.05, 4.69) is 5.32 Å². The number of benzene rings is 1. The minimum absolute atomic E-state index is 0.0520. The maximum absolute atomic E-state index is 12.0. The van der Waals surface area contributed by atoms with Gasteiger partial charge in [-0.25, -0.2) is 13.6 Å². The van der Waals surface area contributed by atoms with Crippen LogP contribution in [0, 0.1) is 12.8 Å². The largest absolute Gasteiger partial charge is 0.326 e. The van der Waals surface area contributed by atoms with E-state index in [1.54, 1.807) is 19.1 Å². The molecule has 1 amide bonds. The van der Waals surface area contributed by atoms with Crippen LogP contribution in [-0.2, 0) is 14.8 Å². The van der Waals surface area contributed by atoms with E-state index in [0.717, 1.165) is 12.8 Å². The smallest absolute Gasteiger partial charge is 0.238 e. The fourth-order valence-electron chi connectivity index (χ4n) is 2.74. The Kier molecular flexibility index (Phi) is 4.45. The summed E-state index contributed by atoms with van der Waals surface area (Å²) in [6.07, 6.45) is 5.09. The van der Waals surface area contributed by atoms with Gasteiger partial charge in [0.25, 0.3) is 0 Å². The third-order valence-corrected chi connectivity index (χ3v) is 4.87. The maximum atomic E-state index is 12.0. The molecular weight excluding hydrogens is 276 g/mol. The number of carbonyl (C=O) groups is 1. The van der Waals surface area contributed by atoms with Gasteiger partial charge in [-0.15, -0.1) is 0 Å². The number of sulfonamides is 1. The topological polar surface area (TPSA) is 89.3 Å². The van der Waals surface area contributed by atoms with Crippen LogP contribution >= 0.6 is 0 Å². The fourth-order valence-corrected chi connectivity index (χ4v) is 3.54. The second kappa shape index (κ2) is 5.93. The van der Waals surface area contributed by atoms with Gasteiger partial charge in [0.05, 0.1) is 4.90 Å². The van der Waals surface area contributed by atoms with E-state index in [1.807, 2.05) is 0 Å². The van der Waals surface area contributed by atoms with Gasteiger partial charge < -0.3 is 5.32 Å². The van der Waals surface area contributed by atoms with Crippen LogP contribution in [0.15, 0.2) is 23.1 Å². The lowest BCUT2D eigenvalue weighted by atomic mass is 10.0. The monoisotopic (exact) mass is 296 g/mol.